The van der Waals surface area contributed by atoms with Gasteiger partial charge < -0.3 is 25.2 Å². The molecule has 8 heteroatoms. The fourth-order valence-electron chi connectivity index (χ4n) is 2.61. The molecule has 1 aliphatic rings. The van der Waals surface area contributed by atoms with E-state index in [1.807, 2.05) is 4.90 Å². The predicted molar refractivity (Wildman–Crippen MR) is 98.1 cm³/mol. The smallest absolute Gasteiger partial charge is 0.414 e. The Hall–Kier alpha value is -1.90. The summed E-state index contributed by atoms with van der Waals surface area (Å²) in [6, 6.07) is 4.54. The number of nitrogens with two attached hydrogens (primary N) is 1. The first-order valence-corrected chi connectivity index (χ1v) is 8.72. The van der Waals surface area contributed by atoms with Gasteiger partial charge >= 0.3 is 6.09 Å². The van der Waals surface area contributed by atoms with E-state index in [0.717, 1.165) is 0 Å². The molecule has 1 amide bonds. The number of hydrogen-bond donors (Lipinski definition) is 2. The normalized spacial score (nSPS) is 16.3. The SMILES string of the molecule is CC(C)(C)OC(=O)N(CC(O)CN)c1ccc(N2CCOCC2)c(F)c1. The number of aliphatic hydroxyl groups is 1. The molecule has 0 spiro atoms. The highest BCUT2D eigenvalue weighted by atomic mass is 19.1. The first-order valence-electron chi connectivity index (χ1n) is 8.72. The predicted octanol–water partition coefficient (Wildman–Crippen LogP) is 1.72. The van der Waals surface area contributed by atoms with Crippen LogP contribution < -0.4 is 15.5 Å². The van der Waals surface area contributed by atoms with Crippen LogP contribution in [0.15, 0.2) is 18.2 Å². The number of amides is 1. The molecule has 1 aliphatic heterocycles. The van der Waals surface area contributed by atoms with Crippen LogP contribution in [0.1, 0.15) is 20.8 Å². The number of anilines is 2. The highest BCUT2D eigenvalue weighted by Gasteiger charge is 2.26. The zero-order valence-electron chi connectivity index (χ0n) is 15.6. The summed E-state index contributed by atoms with van der Waals surface area (Å²) in [6.45, 7) is 7.44. The molecule has 26 heavy (non-hydrogen) atoms. The molecular formula is C18H28FN3O4. The number of rotatable bonds is 5. The quantitative estimate of drug-likeness (QED) is 0.822. The molecule has 0 aliphatic carbocycles. The maximum absolute atomic E-state index is 14.7. The molecule has 1 saturated heterocycles. The third-order valence-electron chi connectivity index (χ3n) is 3.87. The first kappa shape index (κ1) is 20.4. The van der Waals surface area contributed by atoms with Crippen molar-refractivity contribution in [2.45, 2.75) is 32.5 Å². The summed E-state index contributed by atoms with van der Waals surface area (Å²) in [5.74, 6) is -0.444. The number of hydrogen-bond acceptors (Lipinski definition) is 6. The van der Waals surface area contributed by atoms with Crippen molar-refractivity contribution in [3.8, 4) is 0 Å². The van der Waals surface area contributed by atoms with Crippen molar-refractivity contribution in [1.29, 1.82) is 0 Å². The summed E-state index contributed by atoms with van der Waals surface area (Å²) >= 11 is 0. The Labute approximate surface area is 153 Å². The van der Waals surface area contributed by atoms with Crippen molar-refractivity contribution in [2.24, 2.45) is 5.73 Å². The number of carbonyl (C=O) groups is 1. The number of carbonyl (C=O) groups excluding carboxylic acids is 1. The van der Waals surface area contributed by atoms with Crippen molar-refractivity contribution in [3.05, 3.63) is 24.0 Å². The third-order valence-corrected chi connectivity index (χ3v) is 3.87. The minimum Gasteiger partial charge on any atom is -0.443 e. The van der Waals surface area contributed by atoms with Crippen LogP contribution in [0.25, 0.3) is 0 Å². The highest BCUT2D eigenvalue weighted by molar-refractivity contribution is 5.88. The van der Waals surface area contributed by atoms with E-state index in [9.17, 15) is 14.3 Å². The van der Waals surface area contributed by atoms with E-state index in [1.54, 1.807) is 32.9 Å². The van der Waals surface area contributed by atoms with Crippen molar-refractivity contribution >= 4 is 17.5 Å². The second-order valence-corrected chi connectivity index (χ2v) is 7.22. The van der Waals surface area contributed by atoms with Crippen molar-refractivity contribution < 1.29 is 23.8 Å². The van der Waals surface area contributed by atoms with Crippen molar-refractivity contribution in [2.75, 3.05) is 49.2 Å². The van der Waals surface area contributed by atoms with Crippen LogP contribution >= 0.6 is 0 Å². The van der Waals surface area contributed by atoms with Gasteiger partial charge in [-0.3, -0.25) is 4.90 Å². The molecule has 7 nitrogen and oxygen atoms in total. The second-order valence-electron chi connectivity index (χ2n) is 7.22. The van der Waals surface area contributed by atoms with Gasteiger partial charge in [-0.05, 0) is 39.0 Å². The highest BCUT2D eigenvalue weighted by Crippen LogP contribution is 2.27. The van der Waals surface area contributed by atoms with Gasteiger partial charge in [0.2, 0.25) is 0 Å². The molecule has 0 radical (unpaired) electrons. The molecule has 1 atom stereocenters. The van der Waals surface area contributed by atoms with E-state index in [0.29, 0.717) is 37.7 Å². The van der Waals surface area contributed by atoms with Gasteiger partial charge in [-0.15, -0.1) is 0 Å². The molecule has 1 heterocycles. The van der Waals surface area contributed by atoms with Gasteiger partial charge in [0.1, 0.15) is 11.4 Å². The van der Waals surface area contributed by atoms with Crippen LogP contribution in [-0.4, -0.2) is 62.3 Å². The Morgan fingerprint density at radius 3 is 2.62 bits per heavy atom. The minimum atomic E-state index is -0.940. The largest absolute Gasteiger partial charge is 0.443 e. The lowest BCUT2D eigenvalue weighted by Crippen LogP contribution is -2.43. The van der Waals surface area contributed by atoms with Crippen LogP contribution in [0.4, 0.5) is 20.6 Å². The van der Waals surface area contributed by atoms with Crippen LogP contribution in [-0.2, 0) is 9.47 Å². The van der Waals surface area contributed by atoms with Gasteiger partial charge in [-0.2, -0.15) is 0 Å². The number of nitrogens with zero attached hydrogens (tertiary/aromatic N) is 2. The Balaban J connectivity index is 2.25. The first-order chi connectivity index (χ1) is 12.2. The molecule has 0 aromatic heterocycles. The molecule has 0 bridgehead atoms. The topological polar surface area (TPSA) is 88.3 Å². The zero-order valence-corrected chi connectivity index (χ0v) is 15.6. The molecule has 1 aromatic rings. The average Bonchev–Trinajstić information content (AvgIpc) is 2.58. The Bertz CT molecular complexity index is 615. The van der Waals surface area contributed by atoms with Gasteiger partial charge in [0.25, 0.3) is 0 Å². The van der Waals surface area contributed by atoms with Gasteiger partial charge in [-0.1, -0.05) is 0 Å². The number of ether oxygens (including phenoxy) is 2. The lowest BCUT2D eigenvalue weighted by Gasteiger charge is -2.31. The van der Waals surface area contributed by atoms with E-state index < -0.39 is 23.6 Å². The van der Waals surface area contributed by atoms with Crippen LogP contribution in [0.3, 0.4) is 0 Å². The molecule has 0 saturated carbocycles. The monoisotopic (exact) mass is 369 g/mol. The third kappa shape index (κ3) is 5.55. The van der Waals surface area contributed by atoms with Crippen molar-refractivity contribution in [1.82, 2.24) is 0 Å². The van der Waals surface area contributed by atoms with E-state index in [4.69, 9.17) is 15.2 Å². The van der Waals surface area contributed by atoms with E-state index in [2.05, 4.69) is 0 Å². The summed E-state index contributed by atoms with van der Waals surface area (Å²) in [4.78, 5) is 15.6. The summed E-state index contributed by atoms with van der Waals surface area (Å²) < 4.78 is 25.3. The molecule has 146 valence electrons. The Morgan fingerprint density at radius 2 is 2.08 bits per heavy atom. The van der Waals surface area contributed by atoms with Gasteiger partial charge in [-0.25, -0.2) is 9.18 Å². The average molecular weight is 369 g/mol. The molecule has 3 N–H and O–H groups in total. The van der Waals surface area contributed by atoms with Gasteiger partial charge in [0, 0.05) is 19.6 Å². The molecule has 2 rings (SSSR count). The van der Waals surface area contributed by atoms with E-state index >= 15 is 0 Å². The second kappa shape index (κ2) is 8.66. The fraction of sp³-hybridized carbons (Fsp3) is 0.611. The summed E-state index contributed by atoms with van der Waals surface area (Å²) in [5, 5.41) is 9.87. The Kier molecular flexibility index (Phi) is 6.80. The van der Waals surface area contributed by atoms with Crippen LogP contribution in [0.5, 0.6) is 0 Å². The fourth-order valence-corrected chi connectivity index (χ4v) is 2.61. The number of benzene rings is 1. The molecule has 1 aromatic carbocycles. The summed E-state index contributed by atoms with van der Waals surface area (Å²) in [6.07, 6.45) is -1.60. The van der Waals surface area contributed by atoms with Crippen LogP contribution in [0, 0.1) is 5.82 Å². The van der Waals surface area contributed by atoms with Crippen LogP contribution in [0.2, 0.25) is 0 Å². The van der Waals surface area contributed by atoms with E-state index in [-0.39, 0.29) is 13.1 Å². The zero-order chi connectivity index (χ0) is 19.3. The maximum atomic E-state index is 14.7. The molecular weight excluding hydrogens is 341 g/mol. The standard InChI is InChI=1S/C18H28FN3O4/c1-18(2,3)26-17(24)22(12-14(23)11-20)13-4-5-16(15(19)10-13)21-6-8-25-9-7-21/h4-5,10,14,23H,6-9,11-12,20H2,1-3H3. The lowest BCUT2D eigenvalue weighted by molar-refractivity contribution is 0.0558. The summed E-state index contributed by atoms with van der Waals surface area (Å²) in [7, 11) is 0. The summed E-state index contributed by atoms with van der Waals surface area (Å²) in [5.41, 5.74) is 5.51. The van der Waals surface area contributed by atoms with Gasteiger partial charge in [0.05, 0.1) is 37.2 Å². The number of halogens is 1. The number of aliphatic hydroxyl groups excluding tert-OH is 1. The maximum Gasteiger partial charge on any atom is 0.414 e. The molecule has 1 unspecified atom stereocenters. The van der Waals surface area contributed by atoms with Gasteiger partial charge in [0.15, 0.2) is 0 Å². The number of morpholine rings is 1. The minimum absolute atomic E-state index is 0.0202. The van der Waals surface area contributed by atoms with E-state index in [1.165, 1.54) is 11.0 Å². The molecule has 1 fully saturated rings. The Morgan fingerprint density at radius 1 is 1.42 bits per heavy atom. The lowest BCUT2D eigenvalue weighted by atomic mass is 10.2. The van der Waals surface area contributed by atoms with Crippen molar-refractivity contribution in [3.63, 3.8) is 0 Å².